The van der Waals surface area contributed by atoms with Crippen LogP contribution in [-0.2, 0) is 18.4 Å². The molecule has 0 spiro atoms. The van der Waals surface area contributed by atoms with Crippen LogP contribution >= 0.6 is 24.8 Å². The van der Waals surface area contributed by atoms with Gasteiger partial charge in [0.2, 0.25) is 5.91 Å². The molecule has 24 heavy (non-hydrogen) atoms. The van der Waals surface area contributed by atoms with Gasteiger partial charge in [-0.2, -0.15) is 5.10 Å². The summed E-state index contributed by atoms with van der Waals surface area (Å²) in [7, 11) is 7.59. The first-order chi connectivity index (χ1) is 10.5. The normalized spacial score (nSPS) is 11.0. The van der Waals surface area contributed by atoms with Crippen LogP contribution in [0.1, 0.15) is 17.2 Å². The third-order valence-electron chi connectivity index (χ3n) is 3.54. The van der Waals surface area contributed by atoms with Gasteiger partial charge in [0.05, 0.1) is 6.20 Å². The van der Waals surface area contributed by atoms with E-state index in [1.54, 1.807) is 17.9 Å². The average molecular weight is 374 g/mol. The highest BCUT2D eigenvalue weighted by molar-refractivity contribution is 5.85. The van der Waals surface area contributed by atoms with Crippen molar-refractivity contribution in [3.05, 3.63) is 47.8 Å². The largest absolute Gasteiger partial charge is 0.377 e. The lowest BCUT2D eigenvalue weighted by Crippen LogP contribution is -2.35. The highest BCUT2D eigenvalue weighted by atomic mass is 35.5. The van der Waals surface area contributed by atoms with Gasteiger partial charge in [-0.05, 0) is 18.7 Å². The van der Waals surface area contributed by atoms with Gasteiger partial charge >= 0.3 is 0 Å². The number of aryl methyl sites for hydroxylation is 1. The molecule has 1 atom stereocenters. The molecule has 6 nitrogen and oxygen atoms in total. The zero-order valence-electron chi connectivity index (χ0n) is 14.3. The van der Waals surface area contributed by atoms with Gasteiger partial charge in [0.15, 0.2) is 0 Å². The van der Waals surface area contributed by atoms with Gasteiger partial charge in [-0.1, -0.05) is 18.2 Å². The van der Waals surface area contributed by atoms with Gasteiger partial charge in [-0.25, -0.2) is 0 Å². The lowest BCUT2D eigenvalue weighted by atomic mass is 10.1. The molecule has 0 bridgehead atoms. The molecule has 1 aromatic heterocycles. The van der Waals surface area contributed by atoms with E-state index in [0.717, 1.165) is 16.8 Å². The summed E-state index contributed by atoms with van der Waals surface area (Å²) in [6.45, 7) is 0.492. The van der Waals surface area contributed by atoms with E-state index in [-0.39, 0.29) is 30.7 Å². The third-order valence-corrected chi connectivity index (χ3v) is 3.54. The minimum absolute atomic E-state index is 0. The Morgan fingerprint density at radius 1 is 1.29 bits per heavy atom. The van der Waals surface area contributed by atoms with Crippen molar-refractivity contribution in [3.8, 4) is 0 Å². The van der Waals surface area contributed by atoms with Crippen molar-refractivity contribution in [2.45, 2.75) is 12.6 Å². The second-order valence-corrected chi connectivity index (χ2v) is 5.41. The number of benzene rings is 1. The fraction of sp³-hybridized carbons (Fsp3) is 0.375. The standard InChI is InChI=1S/C16H23N5O.2ClH/c1-17-15(13-10-19-21(4)11-13)16(22)18-9-12-7-5-6-8-14(12)20(2)3;;/h5-8,10-11,15,17H,9H2,1-4H3,(H,18,22);2*1H. The van der Waals surface area contributed by atoms with Crippen LogP contribution in [0.5, 0.6) is 0 Å². The summed E-state index contributed by atoms with van der Waals surface area (Å²) >= 11 is 0. The number of nitrogens with one attached hydrogen (secondary N) is 2. The van der Waals surface area contributed by atoms with E-state index >= 15 is 0 Å². The highest BCUT2D eigenvalue weighted by Crippen LogP contribution is 2.18. The van der Waals surface area contributed by atoms with Crippen molar-refractivity contribution in [1.29, 1.82) is 0 Å². The molecule has 0 fully saturated rings. The SMILES string of the molecule is CNC(C(=O)NCc1ccccc1N(C)C)c1cnn(C)c1.Cl.Cl. The summed E-state index contributed by atoms with van der Waals surface area (Å²) in [5, 5.41) is 10.1. The monoisotopic (exact) mass is 373 g/mol. The smallest absolute Gasteiger partial charge is 0.242 e. The third kappa shape index (κ3) is 5.40. The maximum absolute atomic E-state index is 12.4. The Balaban J connectivity index is 0.00000264. The van der Waals surface area contributed by atoms with E-state index < -0.39 is 6.04 Å². The van der Waals surface area contributed by atoms with Crippen molar-refractivity contribution in [2.24, 2.45) is 7.05 Å². The van der Waals surface area contributed by atoms with Gasteiger partial charge in [0, 0.05) is 45.1 Å². The number of hydrogen-bond acceptors (Lipinski definition) is 4. The number of rotatable bonds is 6. The number of para-hydroxylation sites is 1. The maximum Gasteiger partial charge on any atom is 0.242 e. The second kappa shape index (κ2) is 10.2. The van der Waals surface area contributed by atoms with Crippen molar-refractivity contribution in [2.75, 3.05) is 26.0 Å². The van der Waals surface area contributed by atoms with Gasteiger partial charge in [0.1, 0.15) is 6.04 Å². The quantitative estimate of drug-likeness (QED) is 0.811. The van der Waals surface area contributed by atoms with Crippen molar-refractivity contribution >= 4 is 36.4 Å². The van der Waals surface area contributed by atoms with Crippen LogP contribution in [0.2, 0.25) is 0 Å². The van der Waals surface area contributed by atoms with Crippen LogP contribution < -0.4 is 15.5 Å². The second-order valence-electron chi connectivity index (χ2n) is 5.41. The van der Waals surface area contributed by atoms with Gasteiger partial charge in [-0.3, -0.25) is 9.48 Å². The first-order valence-corrected chi connectivity index (χ1v) is 7.21. The molecular weight excluding hydrogens is 349 g/mol. The van der Waals surface area contributed by atoms with Gasteiger partial charge < -0.3 is 15.5 Å². The molecular formula is C16H25Cl2N5O. The molecule has 0 aliphatic carbocycles. The molecule has 0 saturated carbocycles. The van der Waals surface area contributed by atoms with Crippen LogP contribution in [0.4, 0.5) is 5.69 Å². The Kier molecular flexibility index (Phi) is 9.43. The molecule has 134 valence electrons. The number of carbonyl (C=O) groups is 1. The summed E-state index contributed by atoms with van der Waals surface area (Å²) in [6, 6.07) is 7.63. The van der Waals surface area contributed by atoms with Crippen LogP contribution in [0.25, 0.3) is 0 Å². The summed E-state index contributed by atoms with van der Waals surface area (Å²) in [6.07, 6.45) is 3.54. The van der Waals surface area contributed by atoms with E-state index in [1.807, 2.05) is 56.5 Å². The molecule has 0 aliphatic rings. The average Bonchev–Trinajstić information content (AvgIpc) is 2.92. The van der Waals surface area contributed by atoms with E-state index in [2.05, 4.69) is 15.7 Å². The number of halogens is 2. The van der Waals surface area contributed by atoms with Crippen LogP contribution in [-0.4, -0.2) is 36.8 Å². The zero-order chi connectivity index (χ0) is 16.1. The Labute approximate surface area is 155 Å². The Hall–Kier alpha value is -1.76. The molecule has 0 saturated heterocycles. The first-order valence-electron chi connectivity index (χ1n) is 7.21. The Morgan fingerprint density at radius 2 is 1.96 bits per heavy atom. The minimum Gasteiger partial charge on any atom is -0.377 e. The number of hydrogen-bond donors (Lipinski definition) is 2. The molecule has 1 aromatic carbocycles. The van der Waals surface area contributed by atoms with E-state index in [1.165, 1.54) is 0 Å². The summed E-state index contributed by atoms with van der Waals surface area (Å²) in [5.74, 6) is -0.0657. The van der Waals surface area contributed by atoms with E-state index in [4.69, 9.17) is 0 Å². The van der Waals surface area contributed by atoms with Crippen molar-refractivity contribution < 1.29 is 4.79 Å². The summed E-state index contributed by atoms with van der Waals surface area (Å²) in [4.78, 5) is 14.5. The van der Waals surface area contributed by atoms with Crippen LogP contribution in [0, 0.1) is 0 Å². The van der Waals surface area contributed by atoms with Gasteiger partial charge in [0.25, 0.3) is 0 Å². The number of aromatic nitrogens is 2. The van der Waals surface area contributed by atoms with E-state index in [0.29, 0.717) is 6.54 Å². The number of amides is 1. The fourth-order valence-electron chi connectivity index (χ4n) is 2.42. The Bertz CT molecular complexity index is 645. The summed E-state index contributed by atoms with van der Waals surface area (Å²) < 4.78 is 1.69. The Morgan fingerprint density at radius 3 is 2.50 bits per heavy atom. The molecule has 0 radical (unpaired) electrons. The number of nitrogens with zero attached hydrogens (tertiary/aromatic N) is 3. The number of likely N-dealkylation sites (N-methyl/N-ethyl adjacent to an activating group) is 1. The lowest BCUT2D eigenvalue weighted by Gasteiger charge is -2.19. The highest BCUT2D eigenvalue weighted by Gasteiger charge is 2.20. The lowest BCUT2D eigenvalue weighted by molar-refractivity contribution is -0.123. The maximum atomic E-state index is 12.4. The first kappa shape index (κ1) is 22.2. The molecule has 1 unspecified atom stereocenters. The van der Waals surface area contributed by atoms with Crippen LogP contribution in [0.3, 0.4) is 0 Å². The van der Waals surface area contributed by atoms with Crippen LogP contribution in [0.15, 0.2) is 36.7 Å². The molecule has 0 aliphatic heterocycles. The molecule has 1 amide bonds. The molecule has 2 rings (SSSR count). The van der Waals surface area contributed by atoms with Crippen molar-refractivity contribution in [1.82, 2.24) is 20.4 Å². The molecule has 1 heterocycles. The fourth-order valence-corrected chi connectivity index (χ4v) is 2.42. The van der Waals surface area contributed by atoms with Gasteiger partial charge in [-0.15, -0.1) is 24.8 Å². The summed E-state index contributed by atoms with van der Waals surface area (Å²) in [5.41, 5.74) is 3.04. The molecule has 8 heteroatoms. The van der Waals surface area contributed by atoms with Crippen molar-refractivity contribution in [3.63, 3.8) is 0 Å². The number of anilines is 1. The molecule has 2 aromatic rings. The predicted octanol–water partition coefficient (Wildman–Crippen LogP) is 1.91. The minimum atomic E-state index is -0.403. The predicted molar refractivity (Wildman–Crippen MR) is 102 cm³/mol. The van der Waals surface area contributed by atoms with E-state index in [9.17, 15) is 4.79 Å². The zero-order valence-corrected chi connectivity index (χ0v) is 15.9. The molecule has 2 N–H and O–H groups in total. The topological polar surface area (TPSA) is 62.2 Å². The number of carbonyl (C=O) groups excluding carboxylic acids is 1.